The fourth-order valence-electron chi connectivity index (χ4n) is 2.79. The maximum Gasteiger partial charge on any atom is 0.416 e. The summed E-state index contributed by atoms with van der Waals surface area (Å²) >= 11 is 0. The number of rotatable bonds is 4. The van der Waals surface area contributed by atoms with Gasteiger partial charge in [-0.25, -0.2) is 4.79 Å². The van der Waals surface area contributed by atoms with Crippen molar-refractivity contribution < 1.29 is 22.8 Å². The van der Waals surface area contributed by atoms with Crippen molar-refractivity contribution in [2.24, 2.45) is 5.73 Å². The molecule has 0 unspecified atom stereocenters. The van der Waals surface area contributed by atoms with Crippen molar-refractivity contribution in [2.45, 2.75) is 6.18 Å². The molecule has 0 atom stereocenters. The Morgan fingerprint density at radius 3 is 2.03 bits per heavy atom. The molecule has 0 aliphatic carbocycles. The number of carbonyl (C=O) groups is 2. The van der Waals surface area contributed by atoms with Crippen LogP contribution in [0.15, 0.2) is 72.8 Å². The number of urea groups is 1. The molecule has 0 bridgehead atoms. The molecule has 0 radical (unpaired) electrons. The van der Waals surface area contributed by atoms with Crippen LogP contribution in [0.4, 0.5) is 29.3 Å². The topological polar surface area (TPSA) is 84.2 Å². The number of alkyl halides is 3. The summed E-state index contributed by atoms with van der Waals surface area (Å²) in [6.45, 7) is 0. The van der Waals surface area contributed by atoms with Crippen molar-refractivity contribution in [3.05, 3.63) is 83.9 Å². The second-order valence-corrected chi connectivity index (χ2v) is 6.14. The lowest BCUT2D eigenvalue weighted by Crippen LogP contribution is -2.19. The maximum atomic E-state index is 12.8. The van der Waals surface area contributed by atoms with Crippen LogP contribution >= 0.6 is 0 Å². The first kappa shape index (κ1) is 19.9. The average molecular weight is 399 g/mol. The van der Waals surface area contributed by atoms with E-state index in [0.717, 1.165) is 12.1 Å². The van der Waals surface area contributed by atoms with E-state index in [1.165, 1.54) is 18.2 Å². The van der Waals surface area contributed by atoms with E-state index in [-0.39, 0.29) is 0 Å². The Morgan fingerprint density at radius 2 is 1.41 bits per heavy atom. The number of halogens is 3. The zero-order valence-corrected chi connectivity index (χ0v) is 15.0. The largest absolute Gasteiger partial charge is 0.416 e. The van der Waals surface area contributed by atoms with E-state index in [4.69, 9.17) is 5.73 Å². The smallest absolute Gasteiger partial charge is 0.351 e. The number of benzene rings is 3. The molecule has 0 fully saturated rings. The summed E-state index contributed by atoms with van der Waals surface area (Å²) in [4.78, 5) is 23.7. The third kappa shape index (κ3) is 4.92. The third-order valence-corrected chi connectivity index (χ3v) is 4.08. The Morgan fingerprint density at radius 1 is 0.793 bits per heavy atom. The number of hydrogen-bond acceptors (Lipinski definition) is 2. The van der Waals surface area contributed by atoms with Gasteiger partial charge in [-0.1, -0.05) is 36.4 Å². The highest BCUT2D eigenvalue weighted by atomic mass is 19.4. The molecule has 4 N–H and O–H groups in total. The summed E-state index contributed by atoms with van der Waals surface area (Å²) in [6.07, 6.45) is -4.43. The number of carbonyl (C=O) groups excluding carboxylic acids is 2. The van der Waals surface area contributed by atoms with Crippen molar-refractivity contribution in [3.63, 3.8) is 0 Å². The van der Waals surface area contributed by atoms with Gasteiger partial charge in [0.25, 0.3) is 5.91 Å². The van der Waals surface area contributed by atoms with Gasteiger partial charge in [0.1, 0.15) is 0 Å². The molecule has 3 aromatic carbocycles. The van der Waals surface area contributed by atoms with Crippen LogP contribution in [0, 0.1) is 0 Å². The molecule has 0 aliphatic rings. The highest BCUT2D eigenvalue weighted by Gasteiger charge is 2.30. The van der Waals surface area contributed by atoms with Crippen LogP contribution in [0.3, 0.4) is 0 Å². The Labute approximate surface area is 164 Å². The van der Waals surface area contributed by atoms with Crippen LogP contribution in [0.5, 0.6) is 0 Å². The molecule has 3 aromatic rings. The van der Waals surface area contributed by atoms with Crippen molar-refractivity contribution >= 4 is 23.3 Å². The van der Waals surface area contributed by atoms with Gasteiger partial charge < -0.3 is 16.4 Å². The molecule has 3 rings (SSSR count). The molecule has 29 heavy (non-hydrogen) atoms. The molecule has 0 spiro atoms. The predicted molar refractivity (Wildman–Crippen MR) is 104 cm³/mol. The van der Waals surface area contributed by atoms with E-state index in [2.05, 4.69) is 10.6 Å². The highest BCUT2D eigenvalue weighted by Crippen LogP contribution is 2.32. The summed E-state index contributed by atoms with van der Waals surface area (Å²) in [7, 11) is 0. The van der Waals surface area contributed by atoms with Gasteiger partial charge in [0.2, 0.25) is 0 Å². The summed E-state index contributed by atoms with van der Waals surface area (Å²) in [5.74, 6) is -0.447. The average Bonchev–Trinajstić information content (AvgIpc) is 2.67. The molecule has 0 aromatic heterocycles. The number of primary amides is 1. The van der Waals surface area contributed by atoms with Gasteiger partial charge in [-0.05, 0) is 47.5 Å². The fraction of sp³-hybridized carbons (Fsp3) is 0.0476. The van der Waals surface area contributed by atoms with Crippen LogP contribution in [0.1, 0.15) is 15.9 Å². The Balaban J connectivity index is 1.87. The molecule has 148 valence electrons. The molecule has 8 heteroatoms. The van der Waals surface area contributed by atoms with Crippen LogP contribution in [-0.4, -0.2) is 11.9 Å². The molecule has 5 nitrogen and oxygen atoms in total. The maximum absolute atomic E-state index is 12.8. The van der Waals surface area contributed by atoms with Gasteiger partial charge in [0, 0.05) is 16.9 Å². The molecule has 0 saturated heterocycles. The highest BCUT2D eigenvalue weighted by molar-refractivity contribution is 6.09. The summed E-state index contributed by atoms with van der Waals surface area (Å²) in [5.41, 5.74) is 6.41. The zero-order valence-electron chi connectivity index (χ0n) is 15.0. The van der Waals surface area contributed by atoms with Gasteiger partial charge in [-0.15, -0.1) is 0 Å². The first-order valence-electron chi connectivity index (χ1n) is 8.48. The summed E-state index contributed by atoms with van der Waals surface area (Å²) in [5, 5.41) is 5.12. The van der Waals surface area contributed by atoms with Crippen molar-refractivity contribution in [1.29, 1.82) is 0 Å². The van der Waals surface area contributed by atoms with E-state index in [0.29, 0.717) is 28.1 Å². The summed E-state index contributed by atoms with van der Waals surface area (Å²) < 4.78 is 38.4. The number of nitrogens with one attached hydrogen (secondary N) is 2. The lowest BCUT2D eigenvalue weighted by molar-refractivity contribution is -0.137. The molecular weight excluding hydrogens is 383 g/mol. The number of amides is 3. The minimum absolute atomic E-state index is 0.292. The Hall–Kier alpha value is -3.81. The van der Waals surface area contributed by atoms with Crippen molar-refractivity contribution in [1.82, 2.24) is 0 Å². The number of nitrogens with two attached hydrogens (primary N) is 1. The van der Waals surface area contributed by atoms with E-state index in [1.54, 1.807) is 42.5 Å². The zero-order chi connectivity index (χ0) is 21.0. The van der Waals surface area contributed by atoms with Crippen LogP contribution in [0.25, 0.3) is 11.1 Å². The lowest BCUT2D eigenvalue weighted by atomic mass is 9.98. The molecule has 0 heterocycles. The van der Waals surface area contributed by atoms with Gasteiger partial charge in [0.05, 0.1) is 5.56 Å². The van der Waals surface area contributed by atoms with Crippen molar-refractivity contribution in [2.75, 3.05) is 10.6 Å². The molecule has 3 amide bonds. The molecular formula is C21H16F3N3O2. The van der Waals surface area contributed by atoms with E-state index in [9.17, 15) is 22.8 Å². The van der Waals surface area contributed by atoms with E-state index in [1.807, 2.05) is 0 Å². The standard InChI is InChI=1S/C21H16F3N3O2/c22-21(23,24)14-10-8-13(9-11-14)17-6-1-2-7-18(17)19(28)26-15-4-3-5-16(12-15)27-20(25)29/h1-12H,(H,26,28)(H3,25,27,29). The number of anilines is 2. The number of hydrogen-bond donors (Lipinski definition) is 3. The monoisotopic (exact) mass is 399 g/mol. The minimum atomic E-state index is -4.43. The van der Waals surface area contributed by atoms with Gasteiger partial charge in [0.15, 0.2) is 0 Å². The van der Waals surface area contributed by atoms with Crippen molar-refractivity contribution in [3.8, 4) is 11.1 Å². The third-order valence-electron chi connectivity index (χ3n) is 4.08. The van der Waals surface area contributed by atoms with E-state index >= 15 is 0 Å². The first-order chi connectivity index (χ1) is 13.7. The lowest BCUT2D eigenvalue weighted by Gasteiger charge is -2.12. The van der Waals surface area contributed by atoms with Crippen LogP contribution < -0.4 is 16.4 Å². The molecule has 0 aliphatic heterocycles. The van der Waals surface area contributed by atoms with Crippen LogP contribution in [-0.2, 0) is 6.18 Å². The van der Waals surface area contributed by atoms with E-state index < -0.39 is 23.7 Å². The second-order valence-electron chi connectivity index (χ2n) is 6.14. The van der Waals surface area contributed by atoms with Gasteiger partial charge in [-0.2, -0.15) is 13.2 Å². The quantitative estimate of drug-likeness (QED) is 0.569. The second kappa shape index (κ2) is 8.05. The predicted octanol–water partition coefficient (Wildman–Crippen LogP) is 5.12. The van der Waals surface area contributed by atoms with Gasteiger partial charge in [-0.3, -0.25) is 4.79 Å². The van der Waals surface area contributed by atoms with Crippen LogP contribution in [0.2, 0.25) is 0 Å². The summed E-state index contributed by atoms with van der Waals surface area (Å²) in [6, 6.07) is 16.9. The Bertz CT molecular complexity index is 1050. The SMILES string of the molecule is NC(=O)Nc1cccc(NC(=O)c2ccccc2-c2ccc(C(F)(F)F)cc2)c1. The molecule has 0 saturated carbocycles. The Kier molecular flexibility index (Phi) is 5.54. The fourth-order valence-corrected chi connectivity index (χ4v) is 2.79. The van der Waals surface area contributed by atoms with Gasteiger partial charge >= 0.3 is 12.2 Å². The normalized spacial score (nSPS) is 11.0. The first-order valence-corrected chi connectivity index (χ1v) is 8.48. The minimum Gasteiger partial charge on any atom is -0.351 e.